The number of aromatic carboxylic acids is 1. The van der Waals surface area contributed by atoms with E-state index < -0.39 is 11.5 Å². The molecule has 2 rings (SSSR count). The minimum Gasteiger partial charge on any atom is -0.477 e. The van der Waals surface area contributed by atoms with Crippen molar-refractivity contribution in [2.75, 3.05) is 5.32 Å². The van der Waals surface area contributed by atoms with E-state index in [0.717, 1.165) is 0 Å². The topological polar surface area (TPSA) is 97.4 Å². The Hall–Kier alpha value is -2.57. The van der Waals surface area contributed by atoms with Gasteiger partial charge in [0.25, 0.3) is 5.56 Å². The summed E-state index contributed by atoms with van der Waals surface area (Å²) in [6.45, 7) is 2.69. The van der Waals surface area contributed by atoms with Crippen molar-refractivity contribution in [3.8, 4) is 0 Å². The minimum atomic E-state index is -1.28. The van der Waals surface area contributed by atoms with Crippen LogP contribution in [-0.2, 0) is 13.1 Å². The molecule has 0 radical (unpaired) electrons. The van der Waals surface area contributed by atoms with Gasteiger partial charge in [-0.15, -0.1) is 0 Å². The molecule has 2 N–H and O–H groups in total. The molecule has 0 amide bonds. The third-order valence-corrected chi connectivity index (χ3v) is 2.57. The molecule has 0 unspecified atom stereocenters. The second-order valence-electron chi connectivity index (χ2n) is 3.81. The molecule has 0 aliphatic rings. The van der Waals surface area contributed by atoms with Crippen molar-refractivity contribution in [2.24, 2.45) is 0 Å². The number of hydrogen-bond acceptors (Lipinski definition) is 5. The van der Waals surface area contributed by atoms with Crippen molar-refractivity contribution in [3.05, 3.63) is 46.3 Å². The molecule has 2 aromatic heterocycles. The first-order valence-corrected chi connectivity index (χ1v) is 5.73. The maximum atomic E-state index is 11.5. The van der Waals surface area contributed by atoms with Crippen LogP contribution in [0.5, 0.6) is 0 Å². The van der Waals surface area contributed by atoms with Crippen LogP contribution < -0.4 is 10.9 Å². The summed E-state index contributed by atoms with van der Waals surface area (Å²) in [7, 11) is 0. The van der Waals surface area contributed by atoms with E-state index in [1.165, 1.54) is 6.20 Å². The summed E-state index contributed by atoms with van der Waals surface area (Å²) in [5.74, 6) is -0.273. The van der Waals surface area contributed by atoms with Gasteiger partial charge in [-0.2, -0.15) is 4.98 Å². The highest BCUT2D eigenvalue weighted by atomic mass is 16.4. The highest BCUT2D eigenvalue weighted by Gasteiger charge is 2.13. The molecule has 2 heterocycles. The third-order valence-electron chi connectivity index (χ3n) is 2.57. The molecule has 0 spiro atoms. The average Bonchev–Trinajstić information content (AvgIpc) is 2.89. The summed E-state index contributed by atoms with van der Waals surface area (Å²) in [6.07, 6.45) is 2.83. The fourth-order valence-electron chi connectivity index (χ4n) is 1.60. The molecule has 0 atom stereocenters. The van der Waals surface area contributed by atoms with Crippen LogP contribution in [-0.4, -0.2) is 20.6 Å². The van der Waals surface area contributed by atoms with Gasteiger partial charge in [-0.1, -0.05) is 0 Å². The Morgan fingerprint density at radius 3 is 2.95 bits per heavy atom. The zero-order chi connectivity index (χ0) is 13.8. The average molecular weight is 263 g/mol. The highest BCUT2D eigenvalue weighted by molar-refractivity contribution is 5.86. The van der Waals surface area contributed by atoms with Crippen molar-refractivity contribution >= 4 is 11.9 Å². The maximum absolute atomic E-state index is 11.5. The van der Waals surface area contributed by atoms with E-state index in [9.17, 15) is 9.59 Å². The quantitative estimate of drug-likeness (QED) is 0.840. The van der Waals surface area contributed by atoms with E-state index >= 15 is 0 Å². The van der Waals surface area contributed by atoms with Gasteiger partial charge in [0.2, 0.25) is 5.95 Å². The Balaban J connectivity index is 2.27. The maximum Gasteiger partial charge on any atom is 0.342 e. The van der Waals surface area contributed by atoms with Crippen LogP contribution in [0.15, 0.2) is 33.8 Å². The SMILES string of the molecule is CCn1cc(C(=O)O)c(=O)nc1NCc1ccco1. The van der Waals surface area contributed by atoms with Crippen LogP contribution in [0.25, 0.3) is 0 Å². The van der Waals surface area contributed by atoms with E-state index in [-0.39, 0.29) is 5.56 Å². The molecule has 0 bridgehead atoms. The fourth-order valence-corrected chi connectivity index (χ4v) is 1.60. The lowest BCUT2D eigenvalue weighted by molar-refractivity contribution is 0.0694. The van der Waals surface area contributed by atoms with Crippen molar-refractivity contribution in [2.45, 2.75) is 20.0 Å². The van der Waals surface area contributed by atoms with Crippen molar-refractivity contribution < 1.29 is 14.3 Å². The van der Waals surface area contributed by atoms with Gasteiger partial charge < -0.3 is 19.4 Å². The molecule has 7 heteroatoms. The lowest BCUT2D eigenvalue weighted by Gasteiger charge is -2.11. The summed E-state index contributed by atoms with van der Waals surface area (Å²) in [6, 6.07) is 3.54. The van der Waals surface area contributed by atoms with Gasteiger partial charge in [-0.25, -0.2) is 4.79 Å². The predicted octanol–water partition coefficient (Wildman–Crippen LogP) is 1.17. The number of aromatic nitrogens is 2. The number of hydrogen-bond donors (Lipinski definition) is 2. The van der Waals surface area contributed by atoms with Crippen molar-refractivity contribution in [1.29, 1.82) is 0 Å². The molecule has 0 fully saturated rings. The molecule has 0 saturated heterocycles. The summed E-state index contributed by atoms with van der Waals surface area (Å²) in [4.78, 5) is 26.1. The van der Waals surface area contributed by atoms with E-state index in [4.69, 9.17) is 9.52 Å². The number of carbonyl (C=O) groups is 1. The molecule has 0 aliphatic heterocycles. The van der Waals surface area contributed by atoms with Gasteiger partial charge in [-0.3, -0.25) is 4.79 Å². The predicted molar refractivity (Wildman–Crippen MR) is 67.2 cm³/mol. The molecule has 7 nitrogen and oxygen atoms in total. The summed E-state index contributed by atoms with van der Waals surface area (Å²) >= 11 is 0. The molecule has 0 saturated carbocycles. The third kappa shape index (κ3) is 2.82. The zero-order valence-corrected chi connectivity index (χ0v) is 10.3. The lowest BCUT2D eigenvalue weighted by atomic mass is 10.3. The van der Waals surface area contributed by atoms with E-state index in [2.05, 4.69) is 10.3 Å². The molecule has 2 aromatic rings. The van der Waals surface area contributed by atoms with Crippen LogP contribution in [0.3, 0.4) is 0 Å². The van der Waals surface area contributed by atoms with Gasteiger partial charge >= 0.3 is 5.97 Å². The minimum absolute atomic E-state index is 0.314. The van der Waals surface area contributed by atoms with E-state index in [1.54, 1.807) is 23.0 Å². The monoisotopic (exact) mass is 263 g/mol. The Bertz CT molecular complexity index is 631. The van der Waals surface area contributed by atoms with E-state index in [0.29, 0.717) is 24.8 Å². The Morgan fingerprint density at radius 2 is 2.37 bits per heavy atom. The van der Waals surface area contributed by atoms with Gasteiger partial charge in [-0.05, 0) is 19.1 Å². The standard InChI is InChI=1S/C12H13N3O4/c1-2-15-7-9(11(17)18)10(16)14-12(15)13-6-8-4-3-5-19-8/h3-5,7H,2,6H2,1H3,(H,17,18)(H,13,14,16). The lowest BCUT2D eigenvalue weighted by Crippen LogP contribution is -2.24. The number of aryl methyl sites for hydroxylation is 1. The number of carboxylic acids is 1. The van der Waals surface area contributed by atoms with Crippen LogP contribution in [0.4, 0.5) is 5.95 Å². The summed E-state index contributed by atoms with van der Waals surface area (Å²) in [5, 5.41) is 11.8. The van der Waals surface area contributed by atoms with Crippen LogP contribution in [0.2, 0.25) is 0 Å². The van der Waals surface area contributed by atoms with Crippen molar-refractivity contribution in [3.63, 3.8) is 0 Å². The van der Waals surface area contributed by atoms with E-state index in [1.807, 2.05) is 6.92 Å². The molecular weight excluding hydrogens is 250 g/mol. The Morgan fingerprint density at radius 1 is 1.58 bits per heavy atom. The summed E-state index contributed by atoms with van der Waals surface area (Å²) in [5.41, 5.74) is -1.11. The molecular formula is C12H13N3O4. The van der Waals surface area contributed by atoms with Gasteiger partial charge in [0.1, 0.15) is 11.3 Å². The fraction of sp³-hybridized carbons (Fsp3) is 0.250. The van der Waals surface area contributed by atoms with Gasteiger partial charge in [0.05, 0.1) is 12.8 Å². The summed E-state index contributed by atoms with van der Waals surface area (Å²) < 4.78 is 6.71. The number of rotatable bonds is 5. The van der Waals surface area contributed by atoms with Gasteiger partial charge in [0, 0.05) is 12.7 Å². The first-order chi connectivity index (χ1) is 9.11. The Labute approximate surface area is 108 Å². The highest BCUT2D eigenvalue weighted by Crippen LogP contribution is 2.07. The Kier molecular flexibility index (Phi) is 3.65. The zero-order valence-electron chi connectivity index (χ0n) is 10.3. The van der Waals surface area contributed by atoms with Gasteiger partial charge in [0.15, 0.2) is 0 Å². The van der Waals surface area contributed by atoms with Crippen molar-refractivity contribution in [1.82, 2.24) is 9.55 Å². The number of nitrogens with zero attached hydrogens (tertiary/aromatic N) is 2. The first-order valence-electron chi connectivity index (χ1n) is 5.73. The first kappa shape index (κ1) is 12.9. The largest absolute Gasteiger partial charge is 0.477 e. The molecule has 0 aliphatic carbocycles. The number of furan rings is 1. The molecule has 19 heavy (non-hydrogen) atoms. The molecule has 100 valence electrons. The number of anilines is 1. The molecule has 0 aromatic carbocycles. The second kappa shape index (κ2) is 5.38. The van der Waals surface area contributed by atoms with Crippen LogP contribution in [0.1, 0.15) is 23.0 Å². The number of nitrogens with one attached hydrogen (secondary N) is 1. The second-order valence-corrected chi connectivity index (χ2v) is 3.81. The normalized spacial score (nSPS) is 10.4. The smallest absolute Gasteiger partial charge is 0.342 e. The van der Waals surface area contributed by atoms with Crippen LogP contribution >= 0.6 is 0 Å². The van der Waals surface area contributed by atoms with Crippen LogP contribution in [0, 0.1) is 0 Å². The number of carboxylic acid groups (broad SMARTS) is 1.